The molecule has 7 rings (SSSR count). The van der Waals surface area contributed by atoms with Gasteiger partial charge in [-0.1, -0.05) is 84.9 Å². The molecule has 2 N–H and O–H groups in total. The van der Waals surface area contributed by atoms with Gasteiger partial charge in [0.1, 0.15) is 0 Å². The van der Waals surface area contributed by atoms with E-state index in [9.17, 15) is 9.59 Å². The van der Waals surface area contributed by atoms with Crippen LogP contribution in [-0.4, -0.2) is 11.8 Å². The van der Waals surface area contributed by atoms with E-state index in [4.69, 9.17) is 0 Å². The Morgan fingerprint density at radius 2 is 0.577 bits per heavy atom. The van der Waals surface area contributed by atoms with Crippen molar-refractivity contribution in [3.8, 4) is 22.3 Å². The summed E-state index contributed by atoms with van der Waals surface area (Å²) in [5.74, 6) is -0.589. The molecular weight excluding hydrogens is 645 g/mol. The number of carbonyl (C=O) groups is 2. The number of carbonyl (C=O) groups excluding carboxylic acids is 2. The lowest BCUT2D eigenvalue weighted by molar-refractivity contribution is 0.101. The van der Waals surface area contributed by atoms with Crippen molar-refractivity contribution in [2.45, 2.75) is 0 Å². The van der Waals surface area contributed by atoms with E-state index in [0.29, 0.717) is 33.9 Å². The van der Waals surface area contributed by atoms with Crippen LogP contribution in [0.3, 0.4) is 0 Å². The van der Waals surface area contributed by atoms with Crippen molar-refractivity contribution in [1.82, 2.24) is 0 Å². The number of anilines is 2. The number of nitrogens with zero attached hydrogens (tertiary/aromatic N) is 4. The smallest absolute Gasteiger partial charge is 0.255 e. The van der Waals surface area contributed by atoms with Gasteiger partial charge in [0.25, 0.3) is 11.8 Å². The summed E-state index contributed by atoms with van der Waals surface area (Å²) in [5, 5.41) is 23.0. The van der Waals surface area contributed by atoms with Gasteiger partial charge in [0.15, 0.2) is 0 Å². The molecule has 0 bridgehead atoms. The average Bonchev–Trinajstić information content (AvgIpc) is 3.21. The number of nitrogens with one attached hydrogen (secondary N) is 2. The fourth-order valence-corrected chi connectivity index (χ4v) is 5.34. The highest BCUT2D eigenvalue weighted by atomic mass is 16.2. The predicted molar refractivity (Wildman–Crippen MR) is 207 cm³/mol. The van der Waals surface area contributed by atoms with Gasteiger partial charge in [0, 0.05) is 22.5 Å². The number of azo groups is 2. The Balaban J connectivity index is 0.886. The second-order valence-electron chi connectivity index (χ2n) is 11.8. The minimum absolute atomic E-state index is 0.295. The Bertz CT molecular complexity index is 2150. The highest BCUT2D eigenvalue weighted by Gasteiger charge is 2.10. The first-order chi connectivity index (χ1) is 25.6. The maximum atomic E-state index is 12.9. The summed E-state index contributed by atoms with van der Waals surface area (Å²) in [6.45, 7) is 0. The fraction of sp³-hybridized carbons (Fsp3) is 0. The predicted octanol–water partition coefficient (Wildman–Crippen LogP) is 12.4. The molecule has 0 saturated heterocycles. The Hall–Kier alpha value is -7.32. The van der Waals surface area contributed by atoms with Crippen molar-refractivity contribution in [2.75, 3.05) is 10.6 Å². The Morgan fingerprint density at radius 1 is 0.308 bits per heavy atom. The Morgan fingerprint density at radius 3 is 0.885 bits per heavy atom. The molecule has 0 radical (unpaired) electrons. The van der Waals surface area contributed by atoms with Crippen LogP contribution in [0.5, 0.6) is 0 Å². The van der Waals surface area contributed by atoms with E-state index in [-0.39, 0.29) is 11.8 Å². The van der Waals surface area contributed by atoms with Crippen LogP contribution < -0.4 is 10.6 Å². The maximum Gasteiger partial charge on any atom is 0.255 e. The van der Waals surface area contributed by atoms with Crippen LogP contribution in [0.15, 0.2) is 202 Å². The van der Waals surface area contributed by atoms with E-state index in [1.807, 2.05) is 84.9 Å². The van der Waals surface area contributed by atoms with Crippen molar-refractivity contribution in [1.29, 1.82) is 0 Å². The van der Waals surface area contributed by atoms with Gasteiger partial charge in [-0.15, -0.1) is 0 Å². The summed E-state index contributed by atoms with van der Waals surface area (Å²) >= 11 is 0. The third-order valence-electron chi connectivity index (χ3n) is 8.17. The van der Waals surface area contributed by atoms with Crippen LogP contribution in [0.25, 0.3) is 22.3 Å². The second-order valence-corrected chi connectivity index (χ2v) is 11.8. The molecule has 0 fully saturated rings. The van der Waals surface area contributed by atoms with Gasteiger partial charge in [0.05, 0.1) is 22.7 Å². The van der Waals surface area contributed by atoms with Crippen molar-refractivity contribution in [3.05, 3.63) is 193 Å². The van der Waals surface area contributed by atoms with Gasteiger partial charge >= 0.3 is 0 Å². The zero-order chi connectivity index (χ0) is 35.5. The third-order valence-corrected chi connectivity index (χ3v) is 8.17. The van der Waals surface area contributed by atoms with E-state index < -0.39 is 0 Å². The summed E-state index contributed by atoms with van der Waals surface area (Å²) in [7, 11) is 0. The largest absolute Gasteiger partial charge is 0.322 e. The quantitative estimate of drug-likeness (QED) is 0.141. The third kappa shape index (κ3) is 8.63. The van der Waals surface area contributed by atoms with E-state index in [1.54, 1.807) is 72.8 Å². The molecule has 0 aliphatic heterocycles. The number of hydrogen-bond donors (Lipinski definition) is 2. The zero-order valence-electron chi connectivity index (χ0n) is 27.9. The molecule has 0 heterocycles. The van der Waals surface area contributed by atoms with Crippen molar-refractivity contribution >= 4 is 45.9 Å². The number of benzene rings is 7. The maximum absolute atomic E-state index is 12.9. The van der Waals surface area contributed by atoms with Crippen molar-refractivity contribution in [3.63, 3.8) is 0 Å². The lowest BCUT2D eigenvalue weighted by Crippen LogP contribution is -2.14. The molecule has 0 aliphatic rings. The van der Waals surface area contributed by atoms with Crippen LogP contribution in [0, 0.1) is 0 Å². The molecule has 2 amide bonds. The summed E-state index contributed by atoms with van der Waals surface area (Å²) in [4.78, 5) is 25.8. The van der Waals surface area contributed by atoms with Gasteiger partial charge in [-0.25, -0.2) is 0 Å². The molecule has 52 heavy (non-hydrogen) atoms. The molecule has 8 heteroatoms. The monoisotopic (exact) mass is 676 g/mol. The highest BCUT2D eigenvalue weighted by molar-refractivity contribution is 6.07. The standard InChI is InChI=1S/C44H32N6O2/c51-43(45-37-23-27-41(28-24-37)49-47-39-19-15-33(16-20-39)31-7-3-1-4-8-31)35-11-13-36(14-12-35)44(52)46-38-25-29-42(30-26-38)50-48-40-21-17-34(18-22-40)32-9-5-2-6-10-32/h1-30H,(H,45,51)(H,46,52). The average molecular weight is 677 g/mol. The van der Waals surface area contributed by atoms with E-state index in [2.05, 4.69) is 55.4 Å². The molecule has 0 unspecified atom stereocenters. The molecular formula is C44H32N6O2. The SMILES string of the molecule is O=C(Nc1ccc(N=Nc2ccc(-c3ccccc3)cc2)cc1)c1ccc(C(=O)Nc2ccc(N=Nc3ccc(-c4ccccc4)cc3)cc2)cc1. The van der Waals surface area contributed by atoms with E-state index in [0.717, 1.165) is 33.6 Å². The van der Waals surface area contributed by atoms with E-state index in [1.165, 1.54) is 0 Å². The van der Waals surface area contributed by atoms with Gasteiger partial charge in [0.2, 0.25) is 0 Å². The second kappa shape index (κ2) is 15.9. The Labute approximate surface area is 301 Å². The first kappa shape index (κ1) is 33.2. The minimum Gasteiger partial charge on any atom is -0.322 e. The summed E-state index contributed by atoms with van der Waals surface area (Å²) < 4.78 is 0. The summed E-state index contributed by atoms with van der Waals surface area (Å²) in [6.07, 6.45) is 0. The van der Waals surface area contributed by atoms with Crippen LogP contribution in [0.1, 0.15) is 20.7 Å². The molecule has 0 saturated carbocycles. The lowest BCUT2D eigenvalue weighted by atomic mass is 10.1. The van der Waals surface area contributed by atoms with Crippen molar-refractivity contribution < 1.29 is 9.59 Å². The first-order valence-corrected chi connectivity index (χ1v) is 16.6. The fourth-order valence-electron chi connectivity index (χ4n) is 5.34. The van der Waals surface area contributed by atoms with Gasteiger partial charge in [-0.2, -0.15) is 20.5 Å². The van der Waals surface area contributed by atoms with Crippen LogP contribution in [0.4, 0.5) is 34.1 Å². The summed E-state index contributed by atoms with van der Waals surface area (Å²) in [5.41, 5.74) is 9.38. The normalized spacial score (nSPS) is 11.1. The number of amides is 2. The number of rotatable bonds is 10. The molecule has 250 valence electrons. The van der Waals surface area contributed by atoms with Gasteiger partial charge in [-0.3, -0.25) is 9.59 Å². The molecule has 0 spiro atoms. The summed E-state index contributed by atoms with van der Waals surface area (Å²) in [6, 6.07) is 56.7. The zero-order valence-corrected chi connectivity index (χ0v) is 27.9. The molecule has 7 aromatic carbocycles. The van der Waals surface area contributed by atoms with Crippen LogP contribution >= 0.6 is 0 Å². The molecule has 8 nitrogen and oxygen atoms in total. The Kier molecular flexibility index (Phi) is 10.2. The topological polar surface area (TPSA) is 108 Å². The molecule has 0 aromatic heterocycles. The van der Waals surface area contributed by atoms with Crippen LogP contribution in [0.2, 0.25) is 0 Å². The van der Waals surface area contributed by atoms with Crippen LogP contribution in [-0.2, 0) is 0 Å². The van der Waals surface area contributed by atoms with Crippen molar-refractivity contribution in [2.24, 2.45) is 20.5 Å². The molecule has 0 atom stereocenters. The molecule has 7 aromatic rings. The lowest BCUT2D eigenvalue weighted by Gasteiger charge is -2.08. The van der Waals surface area contributed by atoms with E-state index >= 15 is 0 Å². The minimum atomic E-state index is -0.295. The first-order valence-electron chi connectivity index (χ1n) is 16.6. The molecule has 0 aliphatic carbocycles. The van der Waals surface area contributed by atoms with Gasteiger partial charge in [-0.05, 0) is 119 Å². The van der Waals surface area contributed by atoms with Gasteiger partial charge < -0.3 is 10.6 Å². The number of hydrogen-bond acceptors (Lipinski definition) is 6. The highest BCUT2D eigenvalue weighted by Crippen LogP contribution is 2.26.